The maximum atomic E-state index is 12.2. The Morgan fingerprint density at radius 3 is 2.70 bits per heavy atom. The minimum Gasteiger partial charge on any atom is -0.352 e. The largest absolute Gasteiger partial charge is 0.391 e. The average molecular weight is 286 g/mol. The van der Waals surface area contributed by atoms with Crippen LogP contribution in [0.2, 0.25) is 0 Å². The van der Waals surface area contributed by atoms with Gasteiger partial charge >= 0.3 is 6.18 Å². The monoisotopic (exact) mass is 286 g/mol. The molecule has 0 aliphatic carbocycles. The normalized spacial score (nSPS) is 20.1. The number of alkyl halides is 3. The van der Waals surface area contributed by atoms with Gasteiger partial charge in [0, 0.05) is 12.6 Å². The van der Waals surface area contributed by atoms with Crippen LogP contribution in [0, 0.1) is 0 Å². The third-order valence-electron chi connectivity index (χ3n) is 3.32. The lowest BCUT2D eigenvalue weighted by Crippen LogP contribution is -2.50. The first-order valence-corrected chi connectivity index (χ1v) is 6.52. The number of carbonyl (C=O) groups is 1. The van der Waals surface area contributed by atoms with Gasteiger partial charge in [-0.3, -0.25) is 4.79 Å². The van der Waals surface area contributed by atoms with Gasteiger partial charge in [-0.15, -0.1) is 0 Å². The Morgan fingerprint density at radius 2 is 2.05 bits per heavy atom. The zero-order chi connectivity index (χ0) is 14.8. The summed E-state index contributed by atoms with van der Waals surface area (Å²) in [5.74, 6) is -0.378. The predicted molar refractivity (Wildman–Crippen MR) is 69.1 cm³/mol. The van der Waals surface area contributed by atoms with Crippen molar-refractivity contribution in [3.63, 3.8) is 0 Å². The van der Waals surface area contributed by atoms with Crippen molar-refractivity contribution in [1.82, 2.24) is 10.6 Å². The Kier molecular flexibility index (Phi) is 4.32. The minimum absolute atomic E-state index is 0.378. The predicted octanol–water partition coefficient (Wildman–Crippen LogP) is 2.16. The smallest absolute Gasteiger partial charge is 0.352 e. The molecule has 0 aromatic heterocycles. The molecular weight excluding hydrogens is 269 g/mol. The molecule has 1 amide bonds. The van der Waals surface area contributed by atoms with Gasteiger partial charge in [-0.2, -0.15) is 13.2 Å². The van der Waals surface area contributed by atoms with E-state index in [1.54, 1.807) is 0 Å². The summed E-state index contributed by atoms with van der Waals surface area (Å²) in [5, 5.41) is 5.47. The minimum atomic E-state index is -4.26. The van der Waals surface area contributed by atoms with Crippen molar-refractivity contribution in [3.8, 4) is 0 Å². The topological polar surface area (TPSA) is 41.1 Å². The summed E-state index contributed by atoms with van der Waals surface area (Å²) in [5.41, 5.74) is 2.19. The summed E-state index contributed by atoms with van der Waals surface area (Å²) in [6.07, 6.45) is -4.78. The summed E-state index contributed by atoms with van der Waals surface area (Å²) in [7, 11) is 0. The van der Waals surface area contributed by atoms with Crippen LogP contribution < -0.4 is 10.6 Å². The summed E-state index contributed by atoms with van der Waals surface area (Å²) < 4.78 is 36.7. The molecule has 0 spiro atoms. The number of halogens is 3. The van der Waals surface area contributed by atoms with Crippen molar-refractivity contribution in [2.75, 3.05) is 0 Å². The van der Waals surface area contributed by atoms with E-state index in [1.807, 2.05) is 24.3 Å². The first-order valence-electron chi connectivity index (χ1n) is 6.52. The van der Waals surface area contributed by atoms with Gasteiger partial charge in [0.2, 0.25) is 5.91 Å². The number of hydrogen-bond acceptors (Lipinski definition) is 2. The third kappa shape index (κ3) is 3.96. The van der Waals surface area contributed by atoms with E-state index in [2.05, 4.69) is 10.6 Å². The number of hydrogen-bond donors (Lipinski definition) is 2. The van der Waals surface area contributed by atoms with Crippen LogP contribution in [0.25, 0.3) is 0 Å². The second kappa shape index (κ2) is 5.83. The fraction of sp³-hybridized carbons (Fsp3) is 0.500. The van der Waals surface area contributed by atoms with Crippen LogP contribution in [0.1, 0.15) is 24.5 Å². The molecule has 1 heterocycles. The molecule has 2 atom stereocenters. The average Bonchev–Trinajstić information content (AvgIpc) is 2.35. The Labute approximate surface area is 115 Å². The second-order valence-electron chi connectivity index (χ2n) is 5.14. The third-order valence-corrected chi connectivity index (χ3v) is 3.32. The molecule has 110 valence electrons. The van der Waals surface area contributed by atoms with Crippen molar-refractivity contribution in [1.29, 1.82) is 0 Å². The lowest BCUT2D eigenvalue weighted by Gasteiger charge is -2.27. The van der Waals surface area contributed by atoms with Crippen molar-refractivity contribution < 1.29 is 18.0 Å². The molecule has 3 nitrogen and oxygen atoms in total. The van der Waals surface area contributed by atoms with E-state index < -0.39 is 24.7 Å². The van der Waals surface area contributed by atoms with Crippen LogP contribution in [-0.4, -0.2) is 24.2 Å². The van der Waals surface area contributed by atoms with Crippen molar-refractivity contribution in [3.05, 3.63) is 35.4 Å². The lowest BCUT2D eigenvalue weighted by atomic mass is 9.95. The Morgan fingerprint density at radius 1 is 1.40 bits per heavy atom. The van der Waals surface area contributed by atoms with Crippen LogP contribution in [0.4, 0.5) is 13.2 Å². The maximum Gasteiger partial charge on any atom is 0.391 e. The van der Waals surface area contributed by atoms with Gasteiger partial charge < -0.3 is 10.6 Å². The van der Waals surface area contributed by atoms with Gasteiger partial charge in [0.25, 0.3) is 0 Å². The van der Waals surface area contributed by atoms with Crippen molar-refractivity contribution >= 4 is 5.91 Å². The Bertz CT molecular complexity index is 488. The molecule has 0 radical (unpaired) electrons. The number of benzene rings is 1. The van der Waals surface area contributed by atoms with E-state index >= 15 is 0 Å². The van der Waals surface area contributed by atoms with E-state index in [0.717, 1.165) is 11.1 Å². The van der Waals surface area contributed by atoms with Gasteiger partial charge in [0.05, 0.1) is 12.5 Å². The highest BCUT2D eigenvalue weighted by Gasteiger charge is 2.32. The van der Waals surface area contributed by atoms with Crippen LogP contribution in [-0.2, 0) is 17.8 Å². The van der Waals surface area contributed by atoms with Gasteiger partial charge in [0.15, 0.2) is 0 Å². The fourth-order valence-corrected chi connectivity index (χ4v) is 2.38. The summed E-state index contributed by atoms with van der Waals surface area (Å²) in [4.78, 5) is 12.0. The second-order valence-corrected chi connectivity index (χ2v) is 5.14. The molecule has 1 aliphatic heterocycles. The Hall–Kier alpha value is -1.56. The zero-order valence-electron chi connectivity index (χ0n) is 11.1. The highest BCUT2D eigenvalue weighted by Crippen LogP contribution is 2.21. The standard InChI is InChI=1S/C14H17F3N2O/c1-9(7-14(15,16)17)19-13(20)12-6-10-4-2-3-5-11(10)8-18-12/h2-5,9,12,18H,6-8H2,1H3,(H,19,20). The molecule has 2 unspecified atom stereocenters. The number of carbonyl (C=O) groups excluding carboxylic acids is 1. The highest BCUT2D eigenvalue weighted by atomic mass is 19.4. The molecule has 0 saturated heterocycles. The van der Waals surface area contributed by atoms with E-state index in [9.17, 15) is 18.0 Å². The number of fused-ring (bicyclic) bond motifs is 1. The van der Waals surface area contributed by atoms with Crippen LogP contribution in [0.15, 0.2) is 24.3 Å². The van der Waals surface area contributed by atoms with Crippen molar-refractivity contribution in [2.24, 2.45) is 0 Å². The molecule has 1 aromatic rings. The van der Waals surface area contributed by atoms with Gasteiger partial charge in [0.1, 0.15) is 0 Å². The molecule has 2 N–H and O–H groups in total. The number of nitrogens with one attached hydrogen (secondary N) is 2. The summed E-state index contributed by atoms with van der Waals surface area (Å²) >= 11 is 0. The van der Waals surface area contributed by atoms with Gasteiger partial charge in [-0.05, 0) is 24.5 Å². The molecule has 0 fully saturated rings. The first kappa shape index (κ1) is 14.8. The van der Waals surface area contributed by atoms with Crippen LogP contribution in [0.5, 0.6) is 0 Å². The molecule has 20 heavy (non-hydrogen) atoms. The van der Waals surface area contributed by atoms with Crippen LogP contribution in [0.3, 0.4) is 0 Å². The molecule has 2 rings (SSSR count). The van der Waals surface area contributed by atoms with E-state index in [1.165, 1.54) is 6.92 Å². The number of amides is 1. The summed E-state index contributed by atoms with van der Waals surface area (Å²) in [6, 6.07) is 6.35. The Balaban J connectivity index is 1.92. The SMILES string of the molecule is CC(CC(F)(F)F)NC(=O)C1Cc2ccccc2CN1. The molecule has 6 heteroatoms. The lowest BCUT2D eigenvalue weighted by molar-refractivity contribution is -0.141. The molecule has 1 aliphatic rings. The fourth-order valence-electron chi connectivity index (χ4n) is 2.38. The van der Waals surface area contributed by atoms with Crippen LogP contribution >= 0.6 is 0 Å². The van der Waals surface area contributed by atoms with Gasteiger partial charge in [-0.25, -0.2) is 0 Å². The highest BCUT2D eigenvalue weighted by molar-refractivity contribution is 5.82. The molecule has 0 bridgehead atoms. The maximum absolute atomic E-state index is 12.2. The van der Waals surface area contributed by atoms with Gasteiger partial charge in [-0.1, -0.05) is 24.3 Å². The quantitative estimate of drug-likeness (QED) is 0.894. The number of rotatable bonds is 3. The van der Waals surface area contributed by atoms with E-state index in [4.69, 9.17) is 0 Å². The first-order chi connectivity index (χ1) is 9.35. The van der Waals surface area contributed by atoms with E-state index in [0.29, 0.717) is 13.0 Å². The molecular formula is C14H17F3N2O. The van der Waals surface area contributed by atoms with Crippen molar-refractivity contribution in [2.45, 2.75) is 44.6 Å². The van der Waals surface area contributed by atoms with E-state index in [-0.39, 0.29) is 5.91 Å². The molecule has 0 saturated carbocycles. The molecule has 1 aromatic carbocycles. The zero-order valence-corrected chi connectivity index (χ0v) is 11.1. The summed E-state index contributed by atoms with van der Waals surface area (Å²) in [6.45, 7) is 1.92.